The molecule has 444 valence electrons. The van der Waals surface area contributed by atoms with Gasteiger partial charge in [-0.1, -0.05) is 145 Å². The molecule has 15 heteroatoms. The number of aliphatic hydroxyl groups excluding tert-OH is 1. The van der Waals surface area contributed by atoms with Crippen molar-refractivity contribution in [3.63, 3.8) is 0 Å². The van der Waals surface area contributed by atoms with Gasteiger partial charge >= 0.3 is 11.9 Å². The Morgan fingerprint density at radius 1 is 0.825 bits per heavy atom. The van der Waals surface area contributed by atoms with Crippen LogP contribution in [0.3, 0.4) is 0 Å². The zero-order valence-corrected chi connectivity index (χ0v) is 51.2. The van der Waals surface area contributed by atoms with Gasteiger partial charge in [0.2, 0.25) is 5.79 Å². The molecule has 2 aromatic carbocycles. The Balaban J connectivity index is 1.41. The van der Waals surface area contributed by atoms with Crippen molar-refractivity contribution in [1.29, 1.82) is 0 Å². The van der Waals surface area contributed by atoms with Crippen molar-refractivity contribution < 1.29 is 66.5 Å². The van der Waals surface area contributed by atoms with Crippen molar-refractivity contribution in [3.8, 4) is 5.75 Å². The van der Waals surface area contributed by atoms with Gasteiger partial charge in [-0.25, -0.2) is 9.59 Å². The van der Waals surface area contributed by atoms with E-state index in [9.17, 15) is 14.7 Å². The van der Waals surface area contributed by atoms with E-state index in [0.717, 1.165) is 40.9 Å². The Morgan fingerprint density at radius 3 is 2.15 bits per heavy atom. The number of carbonyl (C=O) groups is 2. The Morgan fingerprint density at radius 2 is 1.50 bits per heavy atom. The van der Waals surface area contributed by atoms with Crippen molar-refractivity contribution in [2.75, 3.05) is 34.7 Å². The molecule has 0 amide bonds. The molecule has 0 spiro atoms. The predicted molar refractivity (Wildman–Crippen MR) is 315 cm³/mol. The zero-order valence-electron chi connectivity index (χ0n) is 50.2. The second-order valence-electron chi connectivity index (χ2n) is 23.8. The highest BCUT2D eigenvalue weighted by Crippen LogP contribution is 2.50. The van der Waals surface area contributed by atoms with Crippen LogP contribution in [0.2, 0.25) is 18.1 Å². The van der Waals surface area contributed by atoms with Gasteiger partial charge < -0.3 is 56.9 Å². The molecule has 0 bridgehead atoms. The van der Waals surface area contributed by atoms with Crippen LogP contribution in [0, 0.1) is 5.41 Å². The summed E-state index contributed by atoms with van der Waals surface area (Å²) in [5.74, 6) is -2.17. The maximum absolute atomic E-state index is 13.9. The summed E-state index contributed by atoms with van der Waals surface area (Å²) < 4.78 is 70.5. The standard InChI is InChI=1S/C65H96O14Si/c1-15-16-17-18-22-25-60(67)77-62-51(39-61(68)70-11)38-58(42-59(79-80(13,14)63(5,6)7)48(4)74-45-72-43-49-23-20-19-21-24-49)78-65(62,71-12)64(8,9)32-30-54-34-46(2)35-56(75-54)41-57-37-47(3)36-55(76-57)40-53(31-33-66)73-44-50-26-28-52(69-10)29-27-50/h17-30,32,39,48,53-59,62,66H,2-3,15-16,31,33-38,40-45H2,1,4-14H3/b18-17+,25-22+,32-30+,51-39+/t48-,53+,54+,55?,56+,57-,58+,59-,62+,65-/m1/s1. The monoisotopic (exact) mass is 1130 g/mol. The van der Waals surface area contributed by atoms with E-state index in [-0.39, 0.29) is 55.4 Å². The van der Waals surface area contributed by atoms with E-state index in [1.54, 1.807) is 13.2 Å². The molecule has 0 aliphatic carbocycles. The number of allylic oxidation sites excluding steroid dienone is 3. The highest BCUT2D eigenvalue weighted by Gasteiger charge is 2.59. The first-order chi connectivity index (χ1) is 38.0. The van der Waals surface area contributed by atoms with Crippen LogP contribution in [0.4, 0.5) is 0 Å². The van der Waals surface area contributed by atoms with Gasteiger partial charge in [0, 0.05) is 50.5 Å². The van der Waals surface area contributed by atoms with E-state index in [0.29, 0.717) is 70.2 Å². The zero-order chi connectivity index (χ0) is 58.5. The molecule has 3 aliphatic heterocycles. The lowest BCUT2D eigenvalue weighted by Crippen LogP contribution is -2.63. The maximum Gasteiger partial charge on any atom is 0.331 e. The van der Waals surface area contributed by atoms with Crippen molar-refractivity contribution in [1.82, 2.24) is 0 Å². The largest absolute Gasteiger partial charge is 0.497 e. The van der Waals surface area contributed by atoms with Gasteiger partial charge in [-0.05, 0) is 98.8 Å². The molecular weight excluding hydrogens is 1030 g/mol. The topological polar surface area (TPSA) is 156 Å². The van der Waals surface area contributed by atoms with E-state index in [2.05, 4.69) is 53.9 Å². The normalized spacial score (nSPS) is 25.1. The molecule has 14 nitrogen and oxygen atoms in total. The first kappa shape index (κ1) is 66.3. The average Bonchev–Trinajstić information content (AvgIpc) is 3.47. The van der Waals surface area contributed by atoms with E-state index in [1.165, 1.54) is 26.4 Å². The number of esters is 2. The fraction of sp³-hybridized carbons (Fsp3) is 0.600. The highest BCUT2D eigenvalue weighted by atomic mass is 28.4. The lowest BCUT2D eigenvalue weighted by Gasteiger charge is -2.53. The van der Waals surface area contributed by atoms with Gasteiger partial charge in [0.25, 0.3) is 0 Å². The molecule has 0 saturated carbocycles. The van der Waals surface area contributed by atoms with Crippen LogP contribution in [0.1, 0.15) is 130 Å². The van der Waals surface area contributed by atoms with Gasteiger partial charge in [-0.15, -0.1) is 0 Å². The first-order valence-electron chi connectivity index (χ1n) is 28.7. The summed E-state index contributed by atoms with van der Waals surface area (Å²) in [5, 5.41) is 9.83. The number of rotatable bonds is 30. The summed E-state index contributed by atoms with van der Waals surface area (Å²) in [7, 11) is 2.06. The van der Waals surface area contributed by atoms with Gasteiger partial charge in [-0.2, -0.15) is 0 Å². The average molecular weight is 1130 g/mol. The van der Waals surface area contributed by atoms with Crippen LogP contribution in [0.5, 0.6) is 5.75 Å². The van der Waals surface area contributed by atoms with Crippen LogP contribution >= 0.6 is 0 Å². The number of unbranched alkanes of at least 4 members (excludes halogenated alkanes) is 1. The van der Waals surface area contributed by atoms with Crippen LogP contribution in [0.15, 0.2) is 127 Å². The quantitative estimate of drug-likeness (QED) is 0.0150. The molecule has 5 rings (SSSR count). The second kappa shape index (κ2) is 31.8. The van der Waals surface area contributed by atoms with Gasteiger partial charge in [-0.3, -0.25) is 0 Å². The number of aliphatic hydroxyl groups is 1. The molecule has 0 radical (unpaired) electrons. The number of benzene rings is 2. The lowest BCUT2D eigenvalue weighted by molar-refractivity contribution is -0.338. The molecule has 3 heterocycles. The number of methoxy groups -OCH3 is 3. The maximum atomic E-state index is 13.9. The van der Waals surface area contributed by atoms with Crippen LogP contribution < -0.4 is 4.74 Å². The molecule has 1 N–H and O–H groups in total. The summed E-state index contributed by atoms with van der Waals surface area (Å²) in [6.45, 7) is 28.7. The fourth-order valence-electron chi connectivity index (χ4n) is 10.3. The van der Waals surface area contributed by atoms with E-state index < -0.39 is 55.9 Å². The van der Waals surface area contributed by atoms with Crippen molar-refractivity contribution in [2.45, 2.75) is 211 Å². The lowest BCUT2D eigenvalue weighted by atomic mass is 9.73. The fourth-order valence-corrected chi connectivity index (χ4v) is 11.7. The molecule has 2 aromatic rings. The molecular formula is C65H96O14Si. The minimum absolute atomic E-state index is 0.00574. The van der Waals surface area contributed by atoms with Crippen LogP contribution in [-0.4, -0.2) is 121 Å². The van der Waals surface area contributed by atoms with Gasteiger partial charge in [0.1, 0.15) is 12.5 Å². The van der Waals surface area contributed by atoms with Crippen molar-refractivity contribution in [2.24, 2.45) is 5.41 Å². The minimum atomic E-state index is -2.43. The molecule has 3 saturated heterocycles. The van der Waals surface area contributed by atoms with Crippen LogP contribution in [-0.2, 0) is 69.9 Å². The van der Waals surface area contributed by atoms with Gasteiger partial charge in [0.05, 0.1) is 76.3 Å². The molecule has 3 fully saturated rings. The number of hydrogen-bond acceptors (Lipinski definition) is 14. The summed E-state index contributed by atoms with van der Waals surface area (Å²) in [6, 6.07) is 17.7. The Labute approximate surface area is 480 Å². The minimum Gasteiger partial charge on any atom is -0.497 e. The molecule has 10 atom stereocenters. The molecule has 1 unspecified atom stereocenters. The first-order valence-corrected chi connectivity index (χ1v) is 31.6. The molecule has 3 aliphatic rings. The third-order valence-corrected chi connectivity index (χ3v) is 20.3. The number of hydrogen-bond donors (Lipinski definition) is 1. The predicted octanol–water partition coefficient (Wildman–Crippen LogP) is 12.9. The van der Waals surface area contributed by atoms with Crippen molar-refractivity contribution in [3.05, 3.63) is 138 Å². The summed E-state index contributed by atoms with van der Waals surface area (Å²) in [6.07, 6.45) is 15.2. The third kappa shape index (κ3) is 20.1. The smallest absolute Gasteiger partial charge is 0.331 e. The van der Waals surface area contributed by atoms with Crippen LogP contribution in [0.25, 0.3) is 0 Å². The Hall–Kier alpha value is -4.52. The summed E-state index contributed by atoms with van der Waals surface area (Å²) in [5.41, 5.74) is 3.62. The Bertz CT molecular complexity index is 2370. The number of carbonyl (C=O) groups excluding carboxylic acids is 2. The van der Waals surface area contributed by atoms with Crippen molar-refractivity contribution >= 4 is 20.3 Å². The van der Waals surface area contributed by atoms with E-state index in [4.69, 9.17) is 51.8 Å². The summed E-state index contributed by atoms with van der Waals surface area (Å²) in [4.78, 5) is 27.3. The van der Waals surface area contributed by atoms with Gasteiger partial charge in [0.15, 0.2) is 14.4 Å². The SMILES string of the molecule is C=C1CC(C[C@H](CCO)OCc2ccc(OC)cc2)O[C@@H](C[C@@H]2CC(=C)C[C@H](/C=C/C(C)(C)[C@]3(OC)O[C@H](C[C@@H](O[Si](C)(C)C(C)(C)C)[C@@H](C)OCOCc4ccccc4)C/C(=C\C(=O)OC)[C@@H]3OC(=O)/C=C/C=C/CCC)O2)C1. The van der Waals surface area contributed by atoms with E-state index in [1.807, 2.05) is 99.7 Å². The molecule has 80 heavy (non-hydrogen) atoms. The Kier molecular flexibility index (Phi) is 26.3. The highest BCUT2D eigenvalue weighted by molar-refractivity contribution is 6.74. The second-order valence-corrected chi connectivity index (χ2v) is 28.5. The van der Waals surface area contributed by atoms with E-state index >= 15 is 0 Å². The third-order valence-electron chi connectivity index (χ3n) is 15.8. The number of ether oxygens (including phenoxy) is 10. The summed E-state index contributed by atoms with van der Waals surface area (Å²) >= 11 is 0. The molecule has 0 aromatic heterocycles.